The molecule has 0 amide bonds. The van der Waals surface area contributed by atoms with Crippen molar-refractivity contribution in [1.82, 2.24) is 0 Å². The van der Waals surface area contributed by atoms with Gasteiger partial charge in [-0.1, -0.05) is 6.92 Å². The number of sulfone groups is 1. The van der Waals surface area contributed by atoms with E-state index in [9.17, 15) is 8.42 Å². The normalized spacial score (nSPS) is 11.7. The van der Waals surface area contributed by atoms with Gasteiger partial charge in [0.25, 0.3) is 0 Å². The molecule has 0 aliphatic heterocycles. The fourth-order valence-electron chi connectivity index (χ4n) is 0.0913. The van der Waals surface area contributed by atoms with Crippen LogP contribution in [0.1, 0.15) is 6.92 Å². The van der Waals surface area contributed by atoms with Gasteiger partial charge in [0.15, 0.2) is 9.84 Å². The zero-order valence-corrected chi connectivity index (χ0v) is 5.80. The Morgan fingerprint density at radius 3 is 2.00 bits per heavy atom. The summed E-state index contributed by atoms with van der Waals surface area (Å²) in [4.78, 5) is 0. The van der Waals surface area contributed by atoms with Crippen LogP contribution in [0.5, 0.6) is 0 Å². The molecule has 0 fully saturated rings. The molecule has 0 heterocycles. The lowest BCUT2D eigenvalue weighted by molar-refractivity contribution is 0.602. The van der Waals surface area contributed by atoms with E-state index in [2.05, 4.69) is 12.6 Å². The van der Waals surface area contributed by atoms with Gasteiger partial charge in [0.05, 0.1) is 5.08 Å². The standard InChI is InChI=1S/C3H8O2S2/c1-2-7(4,5)3-6/h6H,2-3H2,1H3. The summed E-state index contributed by atoms with van der Waals surface area (Å²) in [5.74, 6) is 0.191. The molecule has 0 saturated heterocycles. The van der Waals surface area contributed by atoms with E-state index < -0.39 is 9.84 Å². The van der Waals surface area contributed by atoms with Crippen molar-refractivity contribution in [2.75, 3.05) is 10.8 Å². The molecule has 0 atom stereocenters. The molecule has 0 aliphatic rings. The first-order valence-electron chi connectivity index (χ1n) is 1.93. The SMILES string of the molecule is CCS(=O)(=O)CS. The van der Waals surface area contributed by atoms with Crippen LogP contribution in [0.4, 0.5) is 0 Å². The predicted molar refractivity (Wildman–Crippen MR) is 33.3 cm³/mol. The predicted octanol–water partition coefficient (Wildman–Crippen LogP) is 0.308. The molecule has 0 radical (unpaired) electrons. The van der Waals surface area contributed by atoms with E-state index in [1.807, 2.05) is 0 Å². The van der Waals surface area contributed by atoms with Crippen LogP contribution in [0.15, 0.2) is 0 Å². The van der Waals surface area contributed by atoms with E-state index >= 15 is 0 Å². The van der Waals surface area contributed by atoms with Crippen molar-refractivity contribution in [3.05, 3.63) is 0 Å². The molecule has 0 rings (SSSR count). The molecule has 7 heavy (non-hydrogen) atoms. The summed E-state index contributed by atoms with van der Waals surface area (Å²) in [6.07, 6.45) is 0. The molecule has 0 aromatic heterocycles. The quantitative estimate of drug-likeness (QED) is 0.560. The Kier molecular flexibility index (Phi) is 2.68. The van der Waals surface area contributed by atoms with E-state index in [4.69, 9.17) is 0 Å². The summed E-state index contributed by atoms with van der Waals surface area (Å²) in [5, 5.41) is -0.0382. The average Bonchev–Trinajstić information content (AvgIpc) is 1.68. The summed E-state index contributed by atoms with van der Waals surface area (Å²) in [5.41, 5.74) is 0. The maximum absolute atomic E-state index is 10.3. The molecule has 2 nitrogen and oxygen atoms in total. The largest absolute Gasteiger partial charge is 0.228 e. The maximum Gasteiger partial charge on any atom is 0.159 e. The Morgan fingerprint density at radius 1 is 1.57 bits per heavy atom. The van der Waals surface area contributed by atoms with Crippen LogP contribution >= 0.6 is 12.6 Å². The van der Waals surface area contributed by atoms with Gasteiger partial charge in [-0.05, 0) is 0 Å². The summed E-state index contributed by atoms with van der Waals surface area (Å²) >= 11 is 3.59. The summed E-state index contributed by atoms with van der Waals surface area (Å²) in [6.45, 7) is 1.60. The molecule has 4 heteroatoms. The minimum atomic E-state index is -2.79. The first-order valence-corrected chi connectivity index (χ1v) is 4.39. The third-order valence-corrected chi connectivity index (χ3v) is 3.09. The number of rotatable bonds is 2. The van der Waals surface area contributed by atoms with Crippen LogP contribution in [-0.2, 0) is 9.84 Å². The van der Waals surface area contributed by atoms with Gasteiger partial charge >= 0.3 is 0 Å². The Labute approximate surface area is 49.2 Å². The summed E-state index contributed by atoms with van der Waals surface area (Å²) < 4.78 is 20.6. The minimum Gasteiger partial charge on any atom is -0.228 e. The molecule has 0 unspecified atom stereocenters. The fourth-order valence-corrected chi connectivity index (χ4v) is 0.822. The van der Waals surface area contributed by atoms with E-state index in [1.54, 1.807) is 6.92 Å². The zero-order chi connectivity index (χ0) is 5.91. The lowest BCUT2D eigenvalue weighted by Gasteiger charge is -1.88. The summed E-state index contributed by atoms with van der Waals surface area (Å²) in [6, 6.07) is 0. The van der Waals surface area contributed by atoms with Crippen LogP contribution in [0, 0.1) is 0 Å². The van der Waals surface area contributed by atoms with Gasteiger partial charge in [0.1, 0.15) is 0 Å². The highest BCUT2D eigenvalue weighted by atomic mass is 32.2. The van der Waals surface area contributed by atoms with E-state index in [0.717, 1.165) is 0 Å². The van der Waals surface area contributed by atoms with Gasteiger partial charge in [-0.15, -0.1) is 0 Å². The second-order valence-electron chi connectivity index (χ2n) is 1.16. The topological polar surface area (TPSA) is 34.1 Å². The van der Waals surface area contributed by atoms with E-state index in [0.29, 0.717) is 0 Å². The molecule has 0 aliphatic carbocycles. The lowest BCUT2D eigenvalue weighted by atomic mass is 11.0. The fraction of sp³-hybridized carbons (Fsp3) is 1.00. The van der Waals surface area contributed by atoms with Crippen LogP contribution in [0.25, 0.3) is 0 Å². The highest BCUT2D eigenvalue weighted by Crippen LogP contribution is 1.89. The molecule has 44 valence electrons. The van der Waals surface area contributed by atoms with Gasteiger partial charge in [-0.3, -0.25) is 0 Å². The van der Waals surface area contributed by atoms with Crippen LogP contribution < -0.4 is 0 Å². The Hall–Kier alpha value is 0.300. The average molecular weight is 140 g/mol. The van der Waals surface area contributed by atoms with Crippen molar-refractivity contribution in [2.45, 2.75) is 6.92 Å². The van der Waals surface area contributed by atoms with Gasteiger partial charge < -0.3 is 0 Å². The first-order chi connectivity index (χ1) is 3.12. The molecular weight excluding hydrogens is 132 g/mol. The third kappa shape index (κ3) is 2.93. The van der Waals surface area contributed by atoms with E-state index in [-0.39, 0.29) is 10.8 Å². The van der Waals surface area contributed by atoms with Crippen molar-refractivity contribution < 1.29 is 8.42 Å². The monoisotopic (exact) mass is 140 g/mol. The third-order valence-electron chi connectivity index (χ3n) is 0.637. The molecular formula is C3H8O2S2. The van der Waals surface area contributed by atoms with Gasteiger partial charge in [0, 0.05) is 5.75 Å². The van der Waals surface area contributed by atoms with Crippen molar-refractivity contribution >= 4 is 22.5 Å². The molecule has 0 aromatic rings. The Morgan fingerprint density at radius 2 is 2.00 bits per heavy atom. The Balaban J connectivity index is 3.89. The number of thiol groups is 1. The summed E-state index contributed by atoms with van der Waals surface area (Å²) in [7, 11) is -2.79. The molecule has 0 N–H and O–H groups in total. The molecule has 0 spiro atoms. The van der Waals surface area contributed by atoms with Crippen molar-refractivity contribution in [3.63, 3.8) is 0 Å². The second kappa shape index (κ2) is 2.57. The van der Waals surface area contributed by atoms with Gasteiger partial charge in [-0.25, -0.2) is 8.42 Å². The van der Waals surface area contributed by atoms with E-state index in [1.165, 1.54) is 0 Å². The van der Waals surface area contributed by atoms with Crippen LogP contribution in [-0.4, -0.2) is 19.3 Å². The second-order valence-corrected chi connectivity index (χ2v) is 4.26. The first kappa shape index (κ1) is 7.30. The van der Waals surface area contributed by atoms with Crippen LogP contribution in [0.2, 0.25) is 0 Å². The Bertz CT molecular complexity index is 114. The molecule has 0 saturated carbocycles. The van der Waals surface area contributed by atoms with Gasteiger partial charge in [0.2, 0.25) is 0 Å². The maximum atomic E-state index is 10.3. The van der Waals surface area contributed by atoms with Crippen molar-refractivity contribution in [1.29, 1.82) is 0 Å². The minimum absolute atomic E-state index is 0.0382. The van der Waals surface area contributed by atoms with Crippen molar-refractivity contribution in [2.24, 2.45) is 0 Å². The zero-order valence-electron chi connectivity index (χ0n) is 4.09. The highest BCUT2D eigenvalue weighted by molar-refractivity contribution is 8.03. The lowest BCUT2D eigenvalue weighted by Crippen LogP contribution is -2.02. The molecule has 0 aromatic carbocycles. The highest BCUT2D eigenvalue weighted by Gasteiger charge is 2.00. The number of hydrogen-bond acceptors (Lipinski definition) is 3. The smallest absolute Gasteiger partial charge is 0.159 e. The van der Waals surface area contributed by atoms with Crippen molar-refractivity contribution in [3.8, 4) is 0 Å². The van der Waals surface area contributed by atoms with Gasteiger partial charge in [-0.2, -0.15) is 12.6 Å². The van der Waals surface area contributed by atoms with Crippen LogP contribution in [0.3, 0.4) is 0 Å². The number of hydrogen-bond donors (Lipinski definition) is 1. The molecule has 0 bridgehead atoms.